The van der Waals surface area contributed by atoms with Crippen LogP contribution in [0, 0.1) is 0 Å². The smallest absolute Gasteiger partial charge is 0.272 e. The van der Waals surface area contributed by atoms with E-state index in [0.717, 1.165) is 18.5 Å². The van der Waals surface area contributed by atoms with E-state index in [1.165, 1.54) is 17.4 Å². The summed E-state index contributed by atoms with van der Waals surface area (Å²) in [6, 6.07) is 7.50. The fraction of sp³-hybridized carbons (Fsp3) is 0.381. The quantitative estimate of drug-likeness (QED) is 0.618. The number of carbonyl (C=O) groups is 1. The number of anilines is 1. The molecule has 1 aromatic heterocycles. The molecule has 0 aliphatic carbocycles. The minimum Gasteiger partial charge on any atom is -0.366 e. The Morgan fingerprint density at radius 2 is 2.26 bits per heavy atom. The summed E-state index contributed by atoms with van der Waals surface area (Å²) >= 11 is 6.52. The number of hydrogen-bond donors (Lipinski definition) is 1. The molecular weight excluding hydrogens is 360 g/mol. The summed E-state index contributed by atoms with van der Waals surface area (Å²) in [5, 5.41) is 4.69. The lowest BCUT2D eigenvalue weighted by Crippen LogP contribution is -2.48. The third kappa shape index (κ3) is 3.98. The second-order valence-corrected chi connectivity index (χ2v) is 7.94. The van der Waals surface area contributed by atoms with Crippen LogP contribution >= 0.6 is 11.6 Å². The Bertz CT molecular complexity index is 864. The number of carbonyl (C=O) groups excluding carboxylic acids is 1. The van der Waals surface area contributed by atoms with Gasteiger partial charge in [-0.2, -0.15) is 5.10 Å². The molecule has 1 amide bonds. The van der Waals surface area contributed by atoms with Crippen LogP contribution in [0.2, 0.25) is 5.02 Å². The summed E-state index contributed by atoms with van der Waals surface area (Å²) < 4.78 is 0. The first-order valence-corrected chi connectivity index (χ1v) is 9.56. The zero-order chi connectivity index (χ0) is 19.6. The third-order valence-corrected chi connectivity index (χ3v) is 5.44. The zero-order valence-electron chi connectivity index (χ0n) is 16.2. The molecule has 2 aromatic rings. The minimum absolute atomic E-state index is 0.0950. The number of nitrogens with one attached hydrogen (secondary N) is 1. The lowest BCUT2D eigenvalue weighted by molar-refractivity contribution is 0.0955. The van der Waals surface area contributed by atoms with Gasteiger partial charge in [0.1, 0.15) is 0 Å². The summed E-state index contributed by atoms with van der Waals surface area (Å²) in [5.41, 5.74) is 6.32. The first-order valence-electron chi connectivity index (χ1n) is 9.18. The van der Waals surface area contributed by atoms with Crippen LogP contribution in [0.3, 0.4) is 0 Å². The van der Waals surface area contributed by atoms with Crippen molar-refractivity contribution in [2.75, 3.05) is 11.4 Å². The molecule has 0 radical (unpaired) electrons. The normalized spacial score (nSPS) is 18.4. The molecule has 1 aliphatic rings. The first-order chi connectivity index (χ1) is 12.8. The van der Waals surface area contributed by atoms with Crippen LogP contribution in [0.1, 0.15) is 61.5 Å². The molecule has 3 rings (SSSR count). The van der Waals surface area contributed by atoms with E-state index in [4.69, 9.17) is 11.6 Å². The van der Waals surface area contributed by atoms with Gasteiger partial charge < -0.3 is 4.90 Å². The predicted molar refractivity (Wildman–Crippen MR) is 111 cm³/mol. The molecule has 142 valence electrons. The number of hydrazone groups is 1. The summed E-state index contributed by atoms with van der Waals surface area (Å²) in [6.45, 7) is 9.88. The number of aromatic nitrogens is 1. The SMILES string of the molecule is CCN1c2cc(Cl)c(/C=N\NC(=O)c3cccnc3)cc2C(C)CC1(C)C. The van der Waals surface area contributed by atoms with Gasteiger partial charge in [0.05, 0.1) is 16.8 Å². The molecule has 0 fully saturated rings. The van der Waals surface area contributed by atoms with Crippen molar-refractivity contribution in [2.24, 2.45) is 5.10 Å². The molecule has 1 unspecified atom stereocenters. The maximum atomic E-state index is 12.1. The molecule has 0 saturated carbocycles. The average molecular weight is 385 g/mol. The van der Waals surface area contributed by atoms with Crippen LogP contribution in [0.15, 0.2) is 41.8 Å². The van der Waals surface area contributed by atoms with Gasteiger partial charge in [-0.15, -0.1) is 0 Å². The van der Waals surface area contributed by atoms with Gasteiger partial charge in [0.2, 0.25) is 0 Å². The highest BCUT2D eigenvalue weighted by atomic mass is 35.5. The topological polar surface area (TPSA) is 57.6 Å². The standard InChI is InChI=1S/C21H25ClN4O/c1-5-26-19-10-18(22)16(9-17(19)14(2)11-21(26,3)4)13-24-25-20(27)15-7-6-8-23-12-15/h6-10,12-14H,5,11H2,1-4H3,(H,25,27)/b24-13-. The van der Waals surface area contributed by atoms with Crippen molar-refractivity contribution >= 4 is 29.4 Å². The number of pyridine rings is 1. The van der Waals surface area contributed by atoms with Gasteiger partial charge in [-0.05, 0) is 62.9 Å². The van der Waals surface area contributed by atoms with Crippen molar-refractivity contribution in [1.29, 1.82) is 0 Å². The van der Waals surface area contributed by atoms with E-state index in [2.05, 4.69) is 54.2 Å². The fourth-order valence-corrected chi connectivity index (χ4v) is 4.15. The zero-order valence-corrected chi connectivity index (χ0v) is 16.9. The molecule has 1 aromatic carbocycles. The highest BCUT2D eigenvalue weighted by Gasteiger charge is 2.35. The molecule has 2 heterocycles. The highest BCUT2D eigenvalue weighted by Crippen LogP contribution is 2.44. The van der Waals surface area contributed by atoms with Crippen molar-refractivity contribution in [2.45, 2.75) is 45.6 Å². The monoisotopic (exact) mass is 384 g/mol. The van der Waals surface area contributed by atoms with Gasteiger partial charge >= 0.3 is 0 Å². The van der Waals surface area contributed by atoms with E-state index < -0.39 is 0 Å². The summed E-state index contributed by atoms with van der Waals surface area (Å²) in [4.78, 5) is 18.4. The Morgan fingerprint density at radius 1 is 1.48 bits per heavy atom. The van der Waals surface area contributed by atoms with Crippen LogP contribution in [0.5, 0.6) is 0 Å². The summed E-state index contributed by atoms with van der Waals surface area (Å²) in [6.07, 6.45) is 5.79. The van der Waals surface area contributed by atoms with Gasteiger partial charge in [0, 0.05) is 35.7 Å². The van der Waals surface area contributed by atoms with E-state index in [-0.39, 0.29) is 11.4 Å². The van der Waals surface area contributed by atoms with Gasteiger partial charge in [0.25, 0.3) is 5.91 Å². The molecule has 0 spiro atoms. The van der Waals surface area contributed by atoms with Crippen LogP contribution in [-0.2, 0) is 0 Å². The van der Waals surface area contributed by atoms with Crippen molar-refractivity contribution in [3.63, 3.8) is 0 Å². The predicted octanol–water partition coefficient (Wildman–Crippen LogP) is 4.61. The molecular formula is C21H25ClN4O. The lowest BCUT2D eigenvalue weighted by atomic mass is 9.79. The lowest BCUT2D eigenvalue weighted by Gasteiger charge is -2.47. The Balaban J connectivity index is 1.84. The van der Waals surface area contributed by atoms with Crippen molar-refractivity contribution < 1.29 is 4.79 Å². The van der Waals surface area contributed by atoms with Crippen molar-refractivity contribution in [3.8, 4) is 0 Å². The van der Waals surface area contributed by atoms with E-state index in [0.29, 0.717) is 16.5 Å². The van der Waals surface area contributed by atoms with Gasteiger partial charge in [0.15, 0.2) is 0 Å². The average Bonchev–Trinajstić information content (AvgIpc) is 2.63. The van der Waals surface area contributed by atoms with Crippen molar-refractivity contribution in [3.05, 3.63) is 58.4 Å². The first kappa shape index (κ1) is 19.4. The second kappa shape index (κ2) is 7.69. The number of amides is 1. The number of nitrogens with zero attached hydrogens (tertiary/aromatic N) is 3. The van der Waals surface area contributed by atoms with Crippen LogP contribution in [-0.4, -0.2) is 29.2 Å². The molecule has 1 aliphatic heterocycles. The van der Waals surface area contributed by atoms with E-state index >= 15 is 0 Å². The highest BCUT2D eigenvalue weighted by molar-refractivity contribution is 6.33. The molecule has 6 heteroatoms. The largest absolute Gasteiger partial charge is 0.366 e. The molecule has 5 nitrogen and oxygen atoms in total. The molecule has 27 heavy (non-hydrogen) atoms. The molecule has 0 saturated heterocycles. The number of fused-ring (bicyclic) bond motifs is 1. The number of benzene rings is 1. The number of hydrogen-bond acceptors (Lipinski definition) is 4. The van der Waals surface area contributed by atoms with Crippen LogP contribution < -0.4 is 10.3 Å². The summed E-state index contributed by atoms with van der Waals surface area (Å²) in [7, 11) is 0. The number of rotatable bonds is 4. The minimum atomic E-state index is -0.305. The Morgan fingerprint density at radius 3 is 2.93 bits per heavy atom. The van der Waals surface area contributed by atoms with Crippen molar-refractivity contribution in [1.82, 2.24) is 10.4 Å². The van der Waals surface area contributed by atoms with E-state index in [9.17, 15) is 4.79 Å². The van der Waals surface area contributed by atoms with Gasteiger partial charge in [-0.3, -0.25) is 9.78 Å². The Hall–Kier alpha value is -2.40. The maximum Gasteiger partial charge on any atom is 0.272 e. The maximum absolute atomic E-state index is 12.1. The van der Waals surface area contributed by atoms with E-state index in [1.54, 1.807) is 24.5 Å². The molecule has 1 N–H and O–H groups in total. The van der Waals surface area contributed by atoms with Crippen LogP contribution in [0.4, 0.5) is 5.69 Å². The van der Waals surface area contributed by atoms with Gasteiger partial charge in [-0.25, -0.2) is 5.43 Å². The van der Waals surface area contributed by atoms with Gasteiger partial charge in [-0.1, -0.05) is 18.5 Å². The summed E-state index contributed by atoms with van der Waals surface area (Å²) in [5.74, 6) is 0.118. The number of halogens is 1. The molecule has 1 atom stereocenters. The molecule has 0 bridgehead atoms. The Kier molecular flexibility index (Phi) is 5.51. The third-order valence-electron chi connectivity index (χ3n) is 5.11. The fourth-order valence-electron chi connectivity index (χ4n) is 3.94. The second-order valence-electron chi connectivity index (χ2n) is 7.54. The van der Waals surface area contributed by atoms with E-state index in [1.807, 2.05) is 6.07 Å². The van der Waals surface area contributed by atoms with Crippen LogP contribution in [0.25, 0.3) is 0 Å². The Labute approximate surface area is 165 Å².